The zero-order chi connectivity index (χ0) is 69.1. The molecule has 34 nitrogen and oxygen atoms in total. The van der Waals surface area contributed by atoms with Crippen LogP contribution in [0.4, 0.5) is 0 Å². The van der Waals surface area contributed by atoms with Crippen LogP contribution < -0.4 is 49.6 Å². The molecule has 532 valence electrons. The number of hydrogen-bond donors (Lipinski definition) is 0. The number of aryl methyl sites for hydroxylation is 4. The quantitative estimate of drug-likeness (QED) is 0.0523. The SMILES string of the molecule is CC(=O)[O-].CC(=O)[O-].COc1cc(C)cc(CN(C)CCN(C)CCN(C)Cc2cc(C)cc(OC)c2[O-])c1[O-].COc1cc(C)cc(CN(C)CCN(C)CCN(C)Cc2cc(C)cc(OC)c2[O-])c1[O-].O=[N+]([O-])[O-].O=[N+]([O-])[O-].O=[N+]([O-])[O-].O=[N+]([O-])[O-].[Ni+3].[Ni+3].[Tb].[Tb]. The Labute approximate surface area is 616 Å². The van der Waals surface area contributed by atoms with Crippen LogP contribution in [0.15, 0.2) is 48.5 Å². The first-order valence-corrected chi connectivity index (χ1v) is 25.8. The van der Waals surface area contributed by atoms with Crippen LogP contribution in [-0.4, -0.2) is 185 Å². The Morgan fingerprint density at radius 1 is 0.348 bits per heavy atom. The van der Waals surface area contributed by atoms with Crippen LogP contribution in [-0.2, 0) is 68.8 Å². The third kappa shape index (κ3) is 55.9. The fraction of sp³-hybridized carbons (Fsp3) is 0.519. The molecule has 4 aromatic rings. The summed E-state index contributed by atoms with van der Waals surface area (Å²) in [5, 5.41) is 127. The van der Waals surface area contributed by atoms with Gasteiger partial charge in [0.05, 0.1) is 48.8 Å². The summed E-state index contributed by atoms with van der Waals surface area (Å²) in [5.74, 6) is -0.698. The number of likely N-dealkylation sites (N-methyl/N-ethyl adjacent to an activating group) is 6. The van der Waals surface area contributed by atoms with E-state index in [1.807, 2.05) is 80.2 Å². The van der Waals surface area contributed by atoms with Crippen molar-refractivity contribution in [3.05, 3.63) is 154 Å². The van der Waals surface area contributed by atoms with E-state index in [1.165, 1.54) is 28.4 Å². The molecular formula is C54H80N10Ni2O24Tb2-4. The Bertz CT molecular complexity index is 2350. The van der Waals surface area contributed by atoms with Gasteiger partial charge in [-0.2, -0.15) is 0 Å². The Balaban J connectivity index is -0.000000183. The van der Waals surface area contributed by atoms with Crippen molar-refractivity contribution >= 4 is 11.9 Å². The van der Waals surface area contributed by atoms with Crippen LogP contribution in [0.1, 0.15) is 58.4 Å². The second-order valence-electron chi connectivity index (χ2n) is 19.3. The van der Waals surface area contributed by atoms with Gasteiger partial charge in [-0.25, -0.2) is 0 Å². The standard InChI is InChI=1S/2C25H39N3O4.2C2H4O2.4NO3.2Ni.2Tb/c2*1-18-12-20(24(29)22(14-18)31-6)16-27(4)10-8-26(3)9-11-28(5)17-21-13-19(2)15-23(32-7)25(21)30;2*1-2(3)4;4*2-1(3)4;;;;/h2*12-15,29-30H,8-11,16-17H2,1-7H3;2*1H3,(H,3,4);;;;;;;;/q;;;;4*-1;2*+3;;/p-6. The number of benzene rings is 4. The molecule has 0 aliphatic rings. The summed E-state index contributed by atoms with van der Waals surface area (Å²) in [6.45, 7) is 19.1. The summed E-state index contributed by atoms with van der Waals surface area (Å²) in [6, 6.07) is 14.8. The topological polar surface area (TPSA) is 494 Å². The van der Waals surface area contributed by atoms with Gasteiger partial charge in [0, 0.05) is 168 Å². The zero-order valence-electron chi connectivity index (χ0n) is 53.7. The minimum atomic E-state index is -1.75. The number of hydrogen-bond acceptors (Lipinski definition) is 30. The molecule has 0 aliphatic heterocycles. The molecule has 4 aromatic carbocycles. The minimum Gasteiger partial charge on any atom is -0.870 e. The largest absolute Gasteiger partial charge is 3.00 e. The Kier molecular flexibility index (Phi) is 64.5. The van der Waals surface area contributed by atoms with Crippen molar-refractivity contribution in [2.75, 3.05) is 123 Å². The molecule has 0 saturated heterocycles. The van der Waals surface area contributed by atoms with Crippen LogP contribution in [0.25, 0.3) is 0 Å². The second kappa shape index (κ2) is 58.0. The predicted molar refractivity (Wildman–Crippen MR) is 312 cm³/mol. The first-order chi connectivity index (χ1) is 40.7. The fourth-order valence-corrected chi connectivity index (χ4v) is 7.40. The summed E-state index contributed by atoms with van der Waals surface area (Å²) in [5.41, 5.74) is 7.13. The number of aliphatic carboxylic acids is 2. The van der Waals surface area contributed by atoms with Gasteiger partial charge in [0.1, 0.15) is 23.0 Å². The van der Waals surface area contributed by atoms with E-state index in [0.717, 1.165) is 111 Å². The molecule has 4 rings (SSSR count). The molecule has 0 amide bonds. The summed E-state index contributed by atoms with van der Waals surface area (Å²) >= 11 is 0. The summed E-state index contributed by atoms with van der Waals surface area (Å²) in [6.07, 6.45) is 0. The van der Waals surface area contributed by atoms with Gasteiger partial charge >= 0.3 is 33.0 Å². The molecule has 0 fully saturated rings. The van der Waals surface area contributed by atoms with Gasteiger partial charge in [0.15, 0.2) is 0 Å². The Morgan fingerprint density at radius 2 is 0.467 bits per heavy atom. The van der Waals surface area contributed by atoms with Gasteiger partial charge in [-0.1, -0.05) is 47.3 Å². The molecule has 38 heteroatoms. The maximum absolute atomic E-state index is 12.4. The van der Waals surface area contributed by atoms with Gasteiger partial charge in [0.2, 0.25) is 0 Å². The average Bonchev–Trinajstić information content (AvgIpc) is 1.34. The van der Waals surface area contributed by atoms with E-state index in [2.05, 4.69) is 43.5 Å². The third-order valence-corrected chi connectivity index (χ3v) is 11.2. The third-order valence-electron chi connectivity index (χ3n) is 11.2. The molecule has 4 radical (unpaired) electrons. The van der Waals surface area contributed by atoms with E-state index >= 15 is 0 Å². The molecule has 0 N–H and O–H groups in total. The molecule has 0 unspecified atom stereocenters. The van der Waals surface area contributed by atoms with E-state index in [0.29, 0.717) is 49.2 Å². The van der Waals surface area contributed by atoms with Crippen molar-refractivity contribution < 1.29 is 190 Å². The van der Waals surface area contributed by atoms with Gasteiger partial charge in [-0.15, -0.1) is 0 Å². The monoisotopic (exact) mass is 1690 g/mol. The van der Waals surface area contributed by atoms with Gasteiger partial charge < -0.3 is 150 Å². The van der Waals surface area contributed by atoms with Crippen molar-refractivity contribution in [3.8, 4) is 46.0 Å². The van der Waals surface area contributed by atoms with E-state index in [9.17, 15) is 20.4 Å². The number of methoxy groups -OCH3 is 4. The van der Waals surface area contributed by atoms with Crippen LogP contribution in [0.5, 0.6) is 46.0 Å². The first-order valence-electron chi connectivity index (χ1n) is 25.8. The van der Waals surface area contributed by atoms with E-state index in [4.69, 9.17) is 100 Å². The first kappa shape index (κ1) is 102. The molecule has 0 bridgehead atoms. The predicted octanol–water partition coefficient (Wildman–Crippen LogP) is 0.478. The van der Waals surface area contributed by atoms with Crippen molar-refractivity contribution in [2.24, 2.45) is 0 Å². The number of nitrogens with zero attached hydrogens (tertiary/aromatic N) is 10. The molecule has 0 heterocycles. The van der Waals surface area contributed by atoms with Crippen LogP contribution in [0, 0.1) is 166 Å². The Morgan fingerprint density at radius 3 is 0.587 bits per heavy atom. The minimum absolute atomic E-state index is 0. The number of carbonyl (C=O) groups excluding carboxylic acids is 2. The maximum Gasteiger partial charge on any atom is 3.00 e. The van der Waals surface area contributed by atoms with Crippen molar-refractivity contribution in [2.45, 2.75) is 67.7 Å². The molecule has 0 atom stereocenters. The second-order valence-corrected chi connectivity index (χ2v) is 19.3. The smallest absolute Gasteiger partial charge is 0.870 e. The fourth-order valence-electron chi connectivity index (χ4n) is 7.40. The van der Waals surface area contributed by atoms with Gasteiger partial charge in [0.25, 0.3) is 0 Å². The number of carboxylic acid groups (broad SMARTS) is 2. The van der Waals surface area contributed by atoms with Gasteiger partial charge in [-0.05, 0) is 153 Å². The van der Waals surface area contributed by atoms with E-state index < -0.39 is 32.3 Å². The molecule has 0 aliphatic carbocycles. The van der Waals surface area contributed by atoms with E-state index in [1.54, 1.807) is 24.3 Å². The molecule has 92 heavy (non-hydrogen) atoms. The molecule has 0 spiro atoms. The van der Waals surface area contributed by atoms with Crippen LogP contribution in [0.2, 0.25) is 0 Å². The van der Waals surface area contributed by atoms with Crippen molar-refractivity contribution in [1.82, 2.24) is 29.4 Å². The number of carbonyl (C=O) groups is 2. The van der Waals surface area contributed by atoms with Crippen LogP contribution >= 0.6 is 0 Å². The summed E-state index contributed by atoms with van der Waals surface area (Å²) in [7, 11) is 18.4. The van der Waals surface area contributed by atoms with Crippen molar-refractivity contribution in [3.63, 3.8) is 0 Å². The van der Waals surface area contributed by atoms with Gasteiger partial charge in [-0.3, -0.25) is 0 Å². The molecule has 0 saturated carbocycles. The number of ether oxygens (including phenoxy) is 4. The molecular weight excluding hydrogens is 1610 g/mol. The zero-order valence-corrected chi connectivity index (χ0v) is 59.9. The average molecular weight is 1690 g/mol. The summed E-state index contributed by atoms with van der Waals surface area (Å²) < 4.78 is 20.8. The molecule has 0 aromatic heterocycles. The number of carboxylic acids is 2. The van der Waals surface area contributed by atoms with E-state index in [-0.39, 0.29) is 133 Å². The van der Waals surface area contributed by atoms with Crippen molar-refractivity contribution in [1.29, 1.82) is 0 Å². The van der Waals surface area contributed by atoms with Crippen LogP contribution in [0.3, 0.4) is 0 Å². The Hall–Kier alpha value is -5.66. The maximum atomic E-state index is 12.4. The number of rotatable bonds is 24. The summed E-state index contributed by atoms with van der Waals surface area (Å²) in [4.78, 5) is 63.9. The normalized spacial score (nSPS) is 9.63.